The van der Waals surface area contributed by atoms with E-state index in [1.165, 1.54) is 126 Å². The highest BCUT2D eigenvalue weighted by molar-refractivity contribution is 6.32. The number of nitrogens with zero attached hydrogens (tertiary/aromatic N) is 12. The standard InChI is InChI=1S/C50H32N4.2C44H28N4/c1-3-14-33(15-4-1)34-26-28-35(29-27-34)36-16-13-17-37(32-36)49-50(52-42-23-10-9-22-41(42)51-49)54-44-25-12-8-21-40(44)48-46(54)31-30-45-47(48)39-20-7-11-24-43(39)53(45)38-18-5-2-6-19-38;1-3-14-29(15-4-1)30-16-13-17-31(28-30)43-44(46-36-23-10-9-22-35(36)45-43)48-38-25-12-8-21-34(38)42-40(48)27-26-39-41(42)33-20-7-11-24-37(33)47(39)32-18-5-2-6-19-32;1-3-13-29(14-4-1)30-23-25-31(26-24-30)43-44(46-36-20-10-9-19-35(36)45-43)48-38-22-12-8-18-34(38)42-40(48)28-27-39-41(42)33-17-7-11-21-37(33)47(39)32-15-5-2-6-16-32/h1-32H;2*1-28H. The molecule has 31 rings (SSSR count). The van der Waals surface area contributed by atoms with E-state index >= 15 is 0 Å². The molecule has 9 heterocycles. The molecule has 9 aromatic heterocycles. The Labute approximate surface area is 861 Å². The van der Waals surface area contributed by atoms with Gasteiger partial charge in [-0.1, -0.05) is 376 Å². The summed E-state index contributed by atoms with van der Waals surface area (Å²) in [5.74, 6) is 2.44. The summed E-state index contributed by atoms with van der Waals surface area (Å²) in [7, 11) is 0. The minimum absolute atomic E-state index is 0.808. The first kappa shape index (κ1) is 86.3. The summed E-state index contributed by atoms with van der Waals surface area (Å²) >= 11 is 0. The lowest BCUT2D eigenvalue weighted by atomic mass is 9.98. The van der Waals surface area contributed by atoms with Gasteiger partial charge in [0.15, 0.2) is 17.5 Å². The van der Waals surface area contributed by atoms with Crippen LogP contribution < -0.4 is 0 Å². The van der Waals surface area contributed by atoms with E-state index in [0.29, 0.717) is 0 Å². The number of hydrogen-bond donors (Lipinski definition) is 0. The van der Waals surface area contributed by atoms with Crippen LogP contribution in [0.1, 0.15) is 0 Å². The van der Waals surface area contributed by atoms with Crippen LogP contribution in [-0.4, -0.2) is 57.3 Å². The molecule has 700 valence electrons. The van der Waals surface area contributed by atoms with Gasteiger partial charge < -0.3 is 13.7 Å². The Hall–Kier alpha value is -20.3. The van der Waals surface area contributed by atoms with Crippen LogP contribution in [0.5, 0.6) is 0 Å². The molecule has 0 radical (unpaired) electrons. The van der Waals surface area contributed by atoms with Gasteiger partial charge in [-0.3, -0.25) is 13.7 Å². The Kier molecular flexibility index (Phi) is 20.7. The van der Waals surface area contributed by atoms with E-state index in [1.807, 2.05) is 60.7 Å². The summed E-state index contributed by atoms with van der Waals surface area (Å²) in [5.41, 5.74) is 37.3. The maximum Gasteiger partial charge on any atom is 0.165 e. The van der Waals surface area contributed by atoms with Crippen molar-refractivity contribution in [2.75, 3.05) is 0 Å². The molecule has 0 unspecified atom stereocenters. The predicted octanol–water partition coefficient (Wildman–Crippen LogP) is 35.1. The molecule has 150 heavy (non-hydrogen) atoms. The van der Waals surface area contributed by atoms with Gasteiger partial charge in [0.2, 0.25) is 0 Å². The molecule has 31 aromatic rings. The van der Waals surface area contributed by atoms with Crippen LogP contribution in [0.25, 0.3) is 277 Å². The Morgan fingerprint density at radius 1 is 0.113 bits per heavy atom. The highest BCUT2D eigenvalue weighted by Crippen LogP contribution is 2.50. The van der Waals surface area contributed by atoms with Crippen molar-refractivity contribution in [3.63, 3.8) is 0 Å². The van der Waals surface area contributed by atoms with Crippen molar-refractivity contribution in [2.45, 2.75) is 0 Å². The Morgan fingerprint density at radius 2 is 0.293 bits per heavy atom. The fraction of sp³-hybridized carbons (Fsp3) is 0. The molecule has 12 heteroatoms. The first-order valence-corrected chi connectivity index (χ1v) is 50.9. The third kappa shape index (κ3) is 14.4. The van der Waals surface area contributed by atoms with E-state index < -0.39 is 0 Å². The molecular weight excluding hydrogens is 1830 g/mol. The van der Waals surface area contributed by atoms with E-state index in [2.05, 4.69) is 501 Å². The van der Waals surface area contributed by atoms with Crippen molar-refractivity contribution < 1.29 is 0 Å². The molecule has 0 amide bonds. The molecular formula is C138H88N12. The third-order valence-corrected chi connectivity index (χ3v) is 29.7. The number of hydrogen-bond acceptors (Lipinski definition) is 6. The summed E-state index contributed by atoms with van der Waals surface area (Å²) in [6.07, 6.45) is 0. The molecule has 22 aromatic carbocycles. The largest absolute Gasteiger partial charge is 0.309 e. The van der Waals surface area contributed by atoms with Crippen LogP contribution in [0.3, 0.4) is 0 Å². The van der Waals surface area contributed by atoms with Gasteiger partial charge in [0.1, 0.15) is 17.1 Å². The van der Waals surface area contributed by atoms with Gasteiger partial charge in [-0.05, 0) is 202 Å². The lowest BCUT2D eigenvalue weighted by Gasteiger charge is -2.15. The lowest BCUT2D eigenvalue weighted by Crippen LogP contribution is -2.03. The Morgan fingerprint density at radius 3 is 0.567 bits per heavy atom. The van der Waals surface area contributed by atoms with E-state index in [4.69, 9.17) is 29.9 Å². The number of aromatic nitrogens is 12. The number of fused-ring (bicyclic) bond motifs is 24. The molecule has 0 aliphatic rings. The van der Waals surface area contributed by atoms with Gasteiger partial charge in [-0.15, -0.1) is 0 Å². The molecule has 0 aliphatic heterocycles. The first-order valence-electron chi connectivity index (χ1n) is 50.9. The van der Waals surface area contributed by atoms with E-state index in [1.54, 1.807) is 0 Å². The van der Waals surface area contributed by atoms with Gasteiger partial charge in [0.25, 0.3) is 0 Å². The summed E-state index contributed by atoms with van der Waals surface area (Å²) < 4.78 is 14.1. The third-order valence-electron chi connectivity index (χ3n) is 29.7. The van der Waals surface area contributed by atoms with Crippen LogP contribution in [0, 0.1) is 0 Å². The van der Waals surface area contributed by atoms with Crippen molar-refractivity contribution in [3.05, 3.63) is 534 Å². The minimum atomic E-state index is 0.808. The van der Waals surface area contributed by atoms with Crippen LogP contribution in [-0.2, 0) is 0 Å². The molecule has 0 N–H and O–H groups in total. The predicted molar refractivity (Wildman–Crippen MR) is 623 cm³/mol. The quantitative estimate of drug-likeness (QED) is 0.114. The molecule has 0 spiro atoms. The fourth-order valence-electron chi connectivity index (χ4n) is 23.1. The minimum Gasteiger partial charge on any atom is -0.309 e. The normalized spacial score (nSPS) is 11.7. The van der Waals surface area contributed by atoms with Gasteiger partial charge in [0, 0.05) is 98.4 Å². The molecule has 12 nitrogen and oxygen atoms in total. The second-order valence-electron chi connectivity index (χ2n) is 38.3. The zero-order valence-corrected chi connectivity index (χ0v) is 81.2. The topological polar surface area (TPSA) is 107 Å². The molecule has 0 aliphatic carbocycles. The average molecular weight is 1910 g/mol. The van der Waals surface area contributed by atoms with E-state index in [-0.39, 0.29) is 0 Å². The van der Waals surface area contributed by atoms with Crippen molar-refractivity contribution in [1.29, 1.82) is 0 Å². The SMILES string of the molecule is c1ccc(-c2ccc(-c3cccc(-c4nc5ccccc5nc4-n4c5ccccc5c5c6c7ccccc7n(-c7ccccc7)c6ccc54)c3)cc2)cc1.c1ccc(-c2ccc(-c3nc4ccccc4nc3-n3c4ccccc4c4c5c6ccccc6n(-c6ccccc6)c5ccc43)cc2)cc1.c1ccc(-c2cccc(-c3nc4ccccc4nc3-n3c4ccccc4c4c5c6ccccc6n(-c6ccccc6)c5ccc43)c2)cc1. The zero-order chi connectivity index (χ0) is 98.8. The average Bonchev–Trinajstić information content (AvgIpc) is 1.55. The maximum atomic E-state index is 5.43. The van der Waals surface area contributed by atoms with Crippen LogP contribution in [0.4, 0.5) is 0 Å². The number of benzene rings is 22. The van der Waals surface area contributed by atoms with E-state index in [0.717, 1.165) is 151 Å². The molecule has 0 bridgehead atoms. The van der Waals surface area contributed by atoms with Crippen molar-refractivity contribution in [3.8, 4) is 113 Å². The number of rotatable bonds is 13. The molecule has 0 saturated carbocycles. The van der Waals surface area contributed by atoms with Gasteiger partial charge >= 0.3 is 0 Å². The van der Waals surface area contributed by atoms with Crippen molar-refractivity contribution >= 4 is 164 Å². The van der Waals surface area contributed by atoms with Gasteiger partial charge in [-0.25, -0.2) is 29.9 Å². The number of para-hydroxylation sites is 15. The second kappa shape index (κ2) is 35.9. The summed E-state index contributed by atoms with van der Waals surface area (Å²) in [6, 6.07) is 189. The monoisotopic (exact) mass is 1910 g/mol. The van der Waals surface area contributed by atoms with Crippen molar-refractivity contribution in [1.82, 2.24) is 57.3 Å². The zero-order valence-electron chi connectivity index (χ0n) is 81.2. The smallest absolute Gasteiger partial charge is 0.165 e. The molecule has 0 atom stereocenters. The molecule has 0 fully saturated rings. The van der Waals surface area contributed by atoms with Crippen LogP contribution >= 0.6 is 0 Å². The van der Waals surface area contributed by atoms with Gasteiger partial charge in [-0.2, -0.15) is 0 Å². The molecule has 0 saturated heterocycles. The Balaban J connectivity index is 0.000000106. The highest BCUT2D eigenvalue weighted by Gasteiger charge is 2.30. The second-order valence-corrected chi connectivity index (χ2v) is 38.3. The lowest BCUT2D eigenvalue weighted by molar-refractivity contribution is 1.08. The van der Waals surface area contributed by atoms with Crippen LogP contribution in [0.2, 0.25) is 0 Å². The van der Waals surface area contributed by atoms with Crippen molar-refractivity contribution in [2.24, 2.45) is 0 Å². The van der Waals surface area contributed by atoms with Crippen LogP contribution in [0.15, 0.2) is 534 Å². The Bertz CT molecular complexity index is 10800. The highest BCUT2D eigenvalue weighted by atomic mass is 15.1. The van der Waals surface area contributed by atoms with Gasteiger partial charge in [0.05, 0.1) is 99.3 Å². The first-order chi connectivity index (χ1) is 74.5. The summed E-state index contributed by atoms with van der Waals surface area (Å²) in [5, 5.41) is 14.6. The maximum absolute atomic E-state index is 5.43. The van der Waals surface area contributed by atoms with E-state index in [9.17, 15) is 0 Å². The summed E-state index contributed by atoms with van der Waals surface area (Å²) in [6.45, 7) is 0. The fourth-order valence-corrected chi connectivity index (χ4v) is 23.1. The summed E-state index contributed by atoms with van der Waals surface area (Å²) in [4.78, 5) is 32.2.